The molecule has 0 heterocycles. The van der Waals surface area contributed by atoms with E-state index in [2.05, 4.69) is 10.7 Å². The fourth-order valence-corrected chi connectivity index (χ4v) is 8.34. The summed E-state index contributed by atoms with van der Waals surface area (Å²) in [7, 11) is -1.80. The molecule has 0 aliphatic rings. The summed E-state index contributed by atoms with van der Waals surface area (Å²) in [5.74, 6) is 1.75. The van der Waals surface area contributed by atoms with Crippen molar-refractivity contribution in [2.24, 2.45) is 0 Å². The zero-order chi connectivity index (χ0) is 16.2. The van der Waals surface area contributed by atoms with Crippen LogP contribution in [0.2, 0.25) is 10.1 Å². The molecule has 0 amide bonds. The Balaban J connectivity index is 6.37. The van der Waals surface area contributed by atoms with Crippen LogP contribution < -0.4 is 0 Å². The van der Waals surface area contributed by atoms with E-state index in [0.717, 1.165) is 0 Å². The van der Waals surface area contributed by atoms with Crippen molar-refractivity contribution >= 4 is 19.6 Å². The number of rotatable bonds is 4. The van der Waals surface area contributed by atoms with Gasteiger partial charge < -0.3 is 14.7 Å². The average Bonchev–Trinajstić information content (AvgIpc) is 2.30. The fraction of sp³-hybridized carbons (Fsp3) is 0.714. The Morgan fingerprint density at radius 1 is 1.25 bits per heavy atom. The highest BCUT2D eigenvalue weighted by molar-refractivity contribution is 7.12. The lowest BCUT2D eigenvalue weighted by Crippen LogP contribution is -2.64. The highest BCUT2D eigenvalue weighted by Crippen LogP contribution is 2.52. The molecule has 0 rings (SSSR count). The Morgan fingerprint density at radius 2 is 1.70 bits per heavy atom. The molecule has 0 fully saturated rings. The molecule has 0 aromatic rings. The van der Waals surface area contributed by atoms with Crippen LogP contribution in [0.15, 0.2) is 0 Å². The summed E-state index contributed by atoms with van der Waals surface area (Å²) in [5.41, 5.74) is 9.38. The van der Waals surface area contributed by atoms with Crippen molar-refractivity contribution in [1.82, 2.24) is 0 Å². The van der Waals surface area contributed by atoms with Gasteiger partial charge in [-0.1, -0.05) is 47.5 Å². The lowest BCUT2D eigenvalue weighted by molar-refractivity contribution is -0.137. The number of hydrogen-bond acceptors (Lipinski definition) is 3. The van der Waals surface area contributed by atoms with Gasteiger partial charge in [-0.25, -0.2) is 4.79 Å². The molecule has 0 saturated heterocycles. The van der Waals surface area contributed by atoms with Crippen LogP contribution in [-0.2, 0) is 14.0 Å². The second-order valence-electron chi connectivity index (χ2n) is 6.61. The Bertz CT molecular complexity index is 446. The number of terminal acetylenes is 1. The maximum atomic E-state index is 12.0. The SMILES string of the molecule is C#CCO[Si](C(=[N+]=[N-])C(=O)OC)(C(C)(C)C)C(C)(C)C. The van der Waals surface area contributed by atoms with Crippen LogP contribution in [0.5, 0.6) is 0 Å². The van der Waals surface area contributed by atoms with Gasteiger partial charge in [0.15, 0.2) is 0 Å². The number of ether oxygens (including phenoxy) is 1. The standard InChI is InChI=1S/C14H24N2O3Si/c1-9-10-19-20(13(2,3)4,14(5,6)7)11(16-15)12(17)18-8/h1H,10H2,2-8H3. The average molecular weight is 296 g/mol. The minimum absolute atomic E-state index is 0.0461. The largest absolute Gasteiger partial charge is 0.461 e. The van der Waals surface area contributed by atoms with Crippen molar-refractivity contribution in [3.8, 4) is 12.3 Å². The van der Waals surface area contributed by atoms with Crippen molar-refractivity contribution in [2.45, 2.75) is 51.6 Å². The molecule has 0 atom stereocenters. The molecule has 0 spiro atoms. The number of carbonyl (C=O) groups is 1. The second kappa shape index (κ2) is 6.36. The summed E-state index contributed by atoms with van der Waals surface area (Å²) in [6.07, 6.45) is 5.30. The molecule has 0 N–H and O–H groups in total. The first-order chi connectivity index (χ1) is 8.99. The molecule has 0 aromatic heterocycles. The predicted molar refractivity (Wildman–Crippen MR) is 80.6 cm³/mol. The third-order valence-corrected chi connectivity index (χ3v) is 9.07. The van der Waals surface area contributed by atoms with Gasteiger partial charge in [0.2, 0.25) is 0 Å². The molecule has 0 aliphatic heterocycles. The first kappa shape index (κ1) is 18.6. The van der Waals surface area contributed by atoms with Crippen LogP contribution in [0.25, 0.3) is 5.53 Å². The van der Waals surface area contributed by atoms with Gasteiger partial charge in [0.25, 0.3) is 0 Å². The van der Waals surface area contributed by atoms with Crippen molar-refractivity contribution in [3.63, 3.8) is 0 Å². The van der Waals surface area contributed by atoms with E-state index in [1.165, 1.54) is 7.11 Å². The van der Waals surface area contributed by atoms with Gasteiger partial charge in [-0.15, -0.1) is 6.42 Å². The molecule has 0 aromatic carbocycles. The number of nitrogens with zero attached hydrogens (tertiary/aromatic N) is 2. The topological polar surface area (TPSA) is 71.9 Å². The molecule has 20 heavy (non-hydrogen) atoms. The first-order valence-corrected chi connectivity index (χ1v) is 8.28. The summed E-state index contributed by atoms with van der Waals surface area (Å²) >= 11 is 0. The van der Waals surface area contributed by atoms with Gasteiger partial charge in [0.1, 0.15) is 0 Å². The Kier molecular flexibility index (Phi) is 5.91. The van der Waals surface area contributed by atoms with Crippen LogP contribution in [0.3, 0.4) is 0 Å². The summed E-state index contributed by atoms with van der Waals surface area (Å²) in [4.78, 5) is 15.3. The van der Waals surface area contributed by atoms with Gasteiger partial charge in [0, 0.05) is 0 Å². The van der Waals surface area contributed by atoms with Crippen LogP contribution in [0, 0.1) is 12.3 Å². The molecule has 0 bridgehead atoms. The van der Waals surface area contributed by atoms with E-state index in [1.54, 1.807) is 0 Å². The van der Waals surface area contributed by atoms with Gasteiger partial charge in [0.05, 0.1) is 13.7 Å². The van der Waals surface area contributed by atoms with E-state index in [9.17, 15) is 10.3 Å². The maximum absolute atomic E-state index is 12.0. The van der Waals surface area contributed by atoms with Crippen molar-refractivity contribution in [2.75, 3.05) is 13.7 Å². The van der Waals surface area contributed by atoms with Crippen LogP contribution >= 0.6 is 0 Å². The highest BCUT2D eigenvalue weighted by atomic mass is 28.4. The van der Waals surface area contributed by atoms with E-state index in [0.29, 0.717) is 0 Å². The zero-order valence-electron chi connectivity index (χ0n) is 13.4. The third kappa shape index (κ3) is 3.18. The third-order valence-electron chi connectivity index (χ3n) is 3.30. The number of carbonyl (C=O) groups excluding carboxylic acids is 1. The van der Waals surface area contributed by atoms with Crippen molar-refractivity contribution in [3.05, 3.63) is 5.53 Å². The summed E-state index contributed by atoms with van der Waals surface area (Å²) < 4.78 is 10.7. The molecule has 6 heteroatoms. The van der Waals surface area contributed by atoms with E-state index in [-0.39, 0.29) is 11.9 Å². The van der Waals surface area contributed by atoms with Crippen LogP contribution in [0.1, 0.15) is 41.5 Å². The molecular formula is C14H24N2O3Si. The van der Waals surface area contributed by atoms with Gasteiger partial charge in [-0.05, 0) is 10.1 Å². The molecule has 0 unspecified atom stereocenters. The maximum Gasteiger partial charge on any atom is 0.413 e. The van der Waals surface area contributed by atoms with Crippen LogP contribution in [-0.4, -0.2) is 38.1 Å². The Morgan fingerprint density at radius 3 is 1.95 bits per heavy atom. The van der Waals surface area contributed by atoms with E-state index in [4.69, 9.17) is 15.6 Å². The minimum atomic E-state index is -3.05. The second-order valence-corrected chi connectivity index (χ2v) is 11.7. The lowest BCUT2D eigenvalue weighted by atomic mass is 10.2. The first-order valence-electron chi connectivity index (χ1n) is 6.38. The summed E-state index contributed by atoms with van der Waals surface area (Å²) in [5, 5.41) is -0.884. The molecule has 0 aliphatic carbocycles. The Labute approximate surface area is 122 Å². The normalized spacial score (nSPS) is 12.3. The molecular weight excluding hydrogens is 272 g/mol. The van der Waals surface area contributed by atoms with Gasteiger partial charge >= 0.3 is 19.6 Å². The summed E-state index contributed by atoms with van der Waals surface area (Å²) in [6.45, 7) is 11.8. The Hall–Kier alpha value is -1.41. The number of esters is 1. The minimum Gasteiger partial charge on any atom is -0.461 e. The lowest BCUT2D eigenvalue weighted by Gasteiger charge is -2.45. The highest BCUT2D eigenvalue weighted by Gasteiger charge is 2.67. The monoisotopic (exact) mass is 296 g/mol. The van der Waals surface area contributed by atoms with Crippen LogP contribution in [0.4, 0.5) is 0 Å². The van der Waals surface area contributed by atoms with Gasteiger partial charge in [-0.2, -0.15) is 4.79 Å². The molecule has 5 nitrogen and oxygen atoms in total. The van der Waals surface area contributed by atoms with Crippen molar-refractivity contribution in [1.29, 1.82) is 0 Å². The van der Waals surface area contributed by atoms with E-state index in [1.807, 2.05) is 41.5 Å². The smallest absolute Gasteiger partial charge is 0.413 e. The van der Waals surface area contributed by atoms with E-state index >= 15 is 0 Å². The quantitative estimate of drug-likeness (QED) is 0.200. The number of methoxy groups -OCH3 is 1. The fourth-order valence-electron chi connectivity index (χ4n) is 2.84. The molecule has 112 valence electrons. The van der Waals surface area contributed by atoms with E-state index < -0.39 is 24.4 Å². The summed E-state index contributed by atoms with van der Waals surface area (Å²) in [6, 6.07) is 0. The molecule has 0 radical (unpaired) electrons. The van der Waals surface area contributed by atoms with Crippen molar-refractivity contribution < 1.29 is 18.7 Å². The van der Waals surface area contributed by atoms with Gasteiger partial charge in [-0.3, -0.25) is 0 Å². The zero-order valence-corrected chi connectivity index (χ0v) is 14.4. The number of hydrogen-bond donors (Lipinski definition) is 0. The molecule has 0 saturated carbocycles. The predicted octanol–water partition coefficient (Wildman–Crippen LogP) is 2.56.